The van der Waals surface area contributed by atoms with Crippen molar-refractivity contribution in [2.75, 3.05) is 44.7 Å². The summed E-state index contributed by atoms with van der Waals surface area (Å²) in [6.45, 7) is 4.70. The number of urea groups is 1. The first-order valence-electron chi connectivity index (χ1n) is 9.28. The number of nitrogens with zero attached hydrogens (tertiary/aromatic N) is 2. The molecule has 1 fully saturated rings. The number of primary amides is 1. The third kappa shape index (κ3) is 6.19. The summed E-state index contributed by atoms with van der Waals surface area (Å²) in [5.41, 5.74) is 7.93. The highest BCUT2D eigenvalue weighted by Gasteiger charge is 2.21. The molecule has 12 heteroatoms. The van der Waals surface area contributed by atoms with Crippen molar-refractivity contribution in [3.8, 4) is 11.3 Å². The van der Waals surface area contributed by atoms with E-state index in [4.69, 9.17) is 10.5 Å². The highest BCUT2D eigenvalue weighted by atomic mass is 32.1. The number of rotatable bonds is 8. The number of hydrogen-bond donors (Lipinski definition) is 4. The molecule has 1 aromatic carbocycles. The Labute approximate surface area is 177 Å². The van der Waals surface area contributed by atoms with E-state index >= 15 is 0 Å². The molecular formula is C18H26N6O5S. The zero-order valence-corrected chi connectivity index (χ0v) is 17.2. The molecule has 0 unspecified atom stereocenters. The molecule has 0 spiro atoms. The highest BCUT2D eigenvalue weighted by molar-refractivity contribution is 7.11. The van der Waals surface area contributed by atoms with Crippen LogP contribution in [0.3, 0.4) is 0 Å². The van der Waals surface area contributed by atoms with Crippen LogP contribution in [0.25, 0.3) is 11.3 Å². The van der Waals surface area contributed by atoms with Gasteiger partial charge in [0.05, 0.1) is 18.9 Å². The summed E-state index contributed by atoms with van der Waals surface area (Å²) in [7, 11) is 0. The Balaban J connectivity index is 0.00000320. The van der Waals surface area contributed by atoms with Crippen molar-refractivity contribution in [1.29, 1.82) is 0 Å². The van der Waals surface area contributed by atoms with E-state index in [0.29, 0.717) is 23.5 Å². The summed E-state index contributed by atoms with van der Waals surface area (Å²) in [5, 5.41) is 16.5. The van der Waals surface area contributed by atoms with Crippen LogP contribution in [0.15, 0.2) is 24.3 Å². The number of carbonyl (C=O) groups excluding carboxylic acids is 2. The van der Waals surface area contributed by atoms with Gasteiger partial charge in [0.25, 0.3) is 5.91 Å². The summed E-state index contributed by atoms with van der Waals surface area (Å²) in [5.74, 6) is -0.684. The topological polar surface area (TPSA) is 181 Å². The van der Waals surface area contributed by atoms with E-state index in [2.05, 4.69) is 19.9 Å². The van der Waals surface area contributed by atoms with Gasteiger partial charge in [-0.15, -0.1) is 0 Å². The number of amides is 3. The van der Waals surface area contributed by atoms with Gasteiger partial charge < -0.3 is 32.0 Å². The number of carbonyl (C=O) groups is 2. The molecule has 2 aromatic rings. The lowest BCUT2D eigenvalue weighted by atomic mass is 10.1. The molecule has 1 aliphatic rings. The Kier molecular flexibility index (Phi) is 9.11. The molecule has 11 nitrogen and oxygen atoms in total. The minimum absolute atomic E-state index is 0. The predicted molar refractivity (Wildman–Crippen MR) is 114 cm³/mol. The van der Waals surface area contributed by atoms with Crippen LogP contribution in [0.4, 0.5) is 15.5 Å². The Morgan fingerprint density at radius 2 is 1.97 bits per heavy atom. The summed E-state index contributed by atoms with van der Waals surface area (Å²) < 4.78 is 9.57. The second-order valence-electron chi connectivity index (χ2n) is 6.53. The van der Waals surface area contributed by atoms with Crippen molar-refractivity contribution < 1.29 is 25.3 Å². The molecule has 1 aromatic heterocycles. The maximum atomic E-state index is 12.2. The van der Waals surface area contributed by atoms with E-state index in [0.717, 1.165) is 56.3 Å². The summed E-state index contributed by atoms with van der Waals surface area (Å²) in [4.78, 5) is 26.5. The average molecular weight is 439 g/mol. The smallest absolute Gasteiger partial charge is 0.319 e. The minimum atomic E-state index is -0.684. The first-order chi connectivity index (χ1) is 14.1. The van der Waals surface area contributed by atoms with Gasteiger partial charge in [-0.2, -0.15) is 4.37 Å². The van der Waals surface area contributed by atoms with Crippen molar-refractivity contribution in [1.82, 2.24) is 14.6 Å². The van der Waals surface area contributed by atoms with Gasteiger partial charge in [-0.25, -0.2) is 4.79 Å². The van der Waals surface area contributed by atoms with E-state index in [-0.39, 0.29) is 16.0 Å². The third-order valence-electron chi connectivity index (χ3n) is 4.53. The number of benzene rings is 1. The lowest BCUT2D eigenvalue weighted by Gasteiger charge is -2.26. The molecule has 0 aliphatic carbocycles. The largest absolute Gasteiger partial charge is 0.630 e. The number of quaternary nitrogens is 1. The zero-order chi connectivity index (χ0) is 20.6. The van der Waals surface area contributed by atoms with Crippen LogP contribution in [0.1, 0.15) is 16.8 Å². The fourth-order valence-electron chi connectivity index (χ4n) is 3.00. The van der Waals surface area contributed by atoms with E-state index < -0.39 is 11.9 Å². The number of nitrogens with two attached hydrogens (primary N) is 2. The van der Waals surface area contributed by atoms with Crippen LogP contribution in [-0.2, 0) is 4.74 Å². The van der Waals surface area contributed by atoms with Gasteiger partial charge in [-0.3, -0.25) is 15.0 Å². The predicted octanol–water partition coefficient (Wildman–Crippen LogP) is -0.379. The number of morpholine rings is 1. The second-order valence-corrected chi connectivity index (χ2v) is 7.30. The molecule has 3 rings (SSSR count). The number of ether oxygens (including phenoxy) is 1. The number of anilines is 1. The van der Waals surface area contributed by atoms with Crippen molar-refractivity contribution in [2.24, 2.45) is 5.73 Å². The van der Waals surface area contributed by atoms with E-state index in [1.54, 1.807) is 24.3 Å². The van der Waals surface area contributed by atoms with Crippen molar-refractivity contribution in [3.63, 3.8) is 0 Å². The quantitative estimate of drug-likeness (QED) is 0.247. The molecule has 8 N–H and O–H groups in total. The molecule has 30 heavy (non-hydrogen) atoms. The van der Waals surface area contributed by atoms with Gasteiger partial charge in [0.15, 0.2) is 0 Å². The number of hydrogen-bond acceptors (Lipinski definition) is 7. The van der Waals surface area contributed by atoms with Gasteiger partial charge in [-0.1, -0.05) is 0 Å². The van der Waals surface area contributed by atoms with Gasteiger partial charge in [-0.05, 0) is 48.8 Å². The van der Waals surface area contributed by atoms with Crippen molar-refractivity contribution >= 4 is 34.2 Å². The lowest BCUT2D eigenvalue weighted by molar-refractivity contribution is -0.497. The first kappa shape index (κ1) is 23.7. The maximum absolute atomic E-state index is 12.2. The molecule has 2 heterocycles. The van der Waals surface area contributed by atoms with Gasteiger partial charge in [0.1, 0.15) is 16.3 Å². The minimum Gasteiger partial charge on any atom is -0.630 e. The number of aromatic nitrogens is 1. The molecule has 0 bridgehead atoms. The van der Waals surface area contributed by atoms with E-state index in [1.807, 2.05) is 0 Å². The Hall–Kier alpha value is -2.61. The third-order valence-corrected chi connectivity index (χ3v) is 5.29. The van der Waals surface area contributed by atoms with Crippen molar-refractivity contribution in [3.05, 3.63) is 35.0 Å². The molecule has 3 amide bonds. The zero-order valence-electron chi connectivity index (χ0n) is 16.3. The van der Waals surface area contributed by atoms with Gasteiger partial charge in [0.2, 0.25) is 0 Å². The molecule has 0 radical (unpaired) electrons. The van der Waals surface area contributed by atoms with Gasteiger partial charge >= 0.3 is 6.03 Å². The first-order valence-corrected chi connectivity index (χ1v) is 10.1. The average Bonchev–Trinajstić information content (AvgIpc) is 3.16. The molecule has 1 saturated heterocycles. The fourth-order valence-corrected chi connectivity index (χ4v) is 3.80. The molecule has 0 saturated carbocycles. The SMILES string of the molecule is NC(=O)c1c(-c2ccc([NH2+][O-])cc2)nsc1NC(=O)NCCCN1CCOCC1.O. The Bertz CT molecular complexity index is 838. The highest BCUT2D eigenvalue weighted by Crippen LogP contribution is 2.32. The number of nitrogens with one attached hydrogen (secondary N) is 2. The summed E-state index contributed by atoms with van der Waals surface area (Å²) >= 11 is 0.985. The fraction of sp³-hybridized carbons (Fsp3) is 0.389. The normalized spacial score (nSPS) is 14.0. The van der Waals surface area contributed by atoms with E-state index in [9.17, 15) is 14.8 Å². The van der Waals surface area contributed by atoms with Crippen LogP contribution in [0, 0.1) is 5.21 Å². The Morgan fingerprint density at radius 3 is 2.60 bits per heavy atom. The lowest BCUT2D eigenvalue weighted by Crippen LogP contribution is -2.70. The molecular weight excluding hydrogens is 412 g/mol. The second kappa shape index (κ2) is 11.5. The van der Waals surface area contributed by atoms with Gasteiger partial charge in [0, 0.05) is 25.2 Å². The summed E-state index contributed by atoms with van der Waals surface area (Å²) in [6.07, 6.45) is 0.813. The van der Waals surface area contributed by atoms with Crippen LogP contribution in [0.5, 0.6) is 0 Å². The summed E-state index contributed by atoms with van der Waals surface area (Å²) in [6, 6.07) is 6.20. The maximum Gasteiger partial charge on any atom is 0.319 e. The van der Waals surface area contributed by atoms with Crippen LogP contribution >= 0.6 is 11.5 Å². The standard InChI is InChI=1S/C18H24N6O4S.H2O/c19-16(25)14-15(12-2-4-13(22-27)5-3-12)23-29-17(14)21-18(26)20-6-1-7-24-8-10-28-11-9-24;/h2-5H,1,6-11,22H2,(H2,19,25)(H2,20,21,26);1H2. The monoisotopic (exact) mass is 438 g/mol. The van der Waals surface area contributed by atoms with Crippen molar-refractivity contribution in [2.45, 2.75) is 6.42 Å². The molecule has 0 atom stereocenters. The van der Waals surface area contributed by atoms with Crippen LogP contribution < -0.4 is 21.8 Å². The van der Waals surface area contributed by atoms with E-state index in [1.165, 1.54) is 0 Å². The van der Waals surface area contributed by atoms with Crippen LogP contribution in [-0.4, -0.2) is 66.1 Å². The Morgan fingerprint density at radius 1 is 1.27 bits per heavy atom. The molecule has 1 aliphatic heterocycles. The van der Waals surface area contributed by atoms with Crippen LogP contribution in [0.2, 0.25) is 0 Å². The molecule has 164 valence electrons.